The quantitative estimate of drug-likeness (QED) is 0.782. The lowest BCUT2D eigenvalue weighted by atomic mass is 9.88. The van der Waals surface area contributed by atoms with Gasteiger partial charge in [-0.3, -0.25) is 0 Å². The van der Waals surface area contributed by atoms with Gasteiger partial charge in [-0.25, -0.2) is 9.78 Å². The molecule has 0 amide bonds. The smallest absolute Gasteiger partial charge is 0.341 e. The third kappa shape index (κ3) is 3.00. The van der Waals surface area contributed by atoms with Gasteiger partial charge in [-0.2, -0.15) is 0 Å². The summed E-state index contributed by atoms with van der Waals surface area (Å²) in [6.07, 6.45) is 2.68. The summed E-state index contributed by atoms with van der Waals surface area (Å²) in [5.74, 6) is 1.56. The number of methoxy groups -OCH3 is 1. The summed E-state index contributed by atoms with van der Waals surface area (Å²) in [6, 6.07) is 1.62. The van der Waals surface area contributed by atoms with Gasteiger partial charge in [0.25, 0.3) is 0 Å². The van der Waals surface area contributed by atoms with Crippen molar-refractivity contribution in [1.29, 1.82) is 0 Å². The standard InChI is InChI=1S/C14H19ClN2O2/c1-9-4-5-17(8-10(9)2)13-12(14(18)19-3)6-11(15)7-16-13/h6-7,9-10H,4-5,8H2,1-3H3. The summed E-state index contributed by atoms with van der Waals surface area (Å²) < 4.78 is 4.81. The summed E-state index contributed by atoms with van der Waals surface area (Å²) in [5, 5.41) is 0.447. The summed E-state index contributed by atoms with van der Waals surface area (Å²) in [6.45, 7) is 6.30. The van der Waals surface area contributed by atoms with Gasteiger partial charge < -0.3 is 9.64 Å². The normalized spacial score (nSPS) is 23.3. The lowest BCUT2D eigenvalue weighted by molar-refractivity contribution is 0.0601. The van der Waals surface area contributed by atoms with Crippen LogP contribution in [0.15, 0.2) is 12.3 Å². The molecule has 1 aliphatic rings. The van der Waals surface area contributed by atoms with E-state index in [0.717, 1.165) is 19.5 Å². The molecule has 0 spiro atoms. The van der Waals surface area contributed by atoms with Gasteiger partial charge in [-0.1, -0.05) is 25.4 Å². The topological polar surface area (TPSA) is 42.4 Å². The number of nitrogens with zero attached hydrogens (tertiary/aromatic N) is 2. The van der Waals surface area contributed by atoms with Crippen LogP contribution in [0.3, 0.4) is 0 Å². The highest BCUT2D eigenvalue weighted by Crippen LogP contribution is 2.29. The van der Waals surface area contributed by atoms with Gasteiger partial charge in [0.15, 0.2) is 0 Å². The maximum atomic E-state index is 11.8. The average Bonchev–Trinajstić information content (AvgIpc) is 2.41. The molecule has 1 aromatic rings. The molecule has 1 fully saturated rings. The second-order valence-corrected chi connectivity index (χ2v) is 5.64. The van der Waals surface area contributed by atoms with E-state index in [1.807, 2.05) is 0 Å². The summed E-state index contributed by atoms with van der Waals surface area (Å²) in [7, 11) is 1.37. The number of aromatic nitrogens is 1. The second kappa shape index (κ2) is 5.78. The number of esters is 1. The van der Waals surface area contributed by atoms with Crippen LogP contribution in [0, 0.1) is 11.8 Å². The first-order chi connectivity index (χ1) is 9.02. The van der Waals surface area contributed by atoms with Crippen LogP contribution in [0.2, 0.25) is 5.02 Å². The zero-order chi connectivity index (χ0) is 14.0. The monoisotopic (exact) mass is 282 g/mol. The minimum atomic E-state index is -0.392. The van der Waals surface area contributed by atoms with Crippen LogP contribution in [0.4, 0.5) is 5.82 Å². The highest BCUT2D eigenvalue weighted by molar-refractivity contribution is 6.30. The van der Waals surface area contributed by atoms with Crippen molar-refractivity contribution < 1.29 is 9.53 Å². The Morgan fingerprint density at radius 2 is 2.21 bits per heavy atom. The van der Waals surface area contributed by atoms with Crippen LogP contribution in [0.25, 0.3) is 0 Å². The Labute approximate surface area is 118 Å². The van der Waals surface area contributed by atoms with Gasteiger partial charge in [0.1, 0.15) is 11.4 Å². The van der Waals surface area contributed by atoms with Crippen molar-refractivity contribution in [3.8, 4) is 0 Å². The van der Waals surface area contributed by atoms with Gasteiger partial charge in [0, 0.05) is 19.3 Å². The number of hydrogen-bond donors (Lipinski definition) is 0. The number of hydrogen-bond acceptors (Lipinski definition) is 4. The minimum Gasteiger partial charge on any atom is -0.465 e. The molecule has 2 heterocycles. The van der Waals surface area contributed by atoms with Gasteiger partial charge in [-0.05, 0) is 24.3 Å². The van der Waals surface area contributed by atoms with E-state index in [-0.39, 0.29) is 0 Å². The molecule has 0 aliphatic carbocycles. The number of pyridine rings is 1. The molecular weight excluding hydrogens is 264 g/mol. The van der Waals surface area contributed by atoms with Gasteiger partial charge in [0.05, 0.1) is 12.1 Å². The molecule has 1 aromatic heterocycles. The van der Waals surface area contributed by atoms with Crippen molar-refractivity contribution in [1.82, 2.24) is 4.98 Å². The van der Waals surface area contributed by atoms with Crippen molar-refractivity contribution in [3.05, 3.63) is 22.8 Å². The van der Waals surface area contributed by atoms with Crippen molar-refractivity contribution in [2.24, 2.45) is 11.8 Å². The summed E-state index contributed by atoms with van der Waals surface area (Å²) in [5.41, 5.74) is 0.441. The molecule has 0 radical (unpaired) electrons. The average molecular weight is 283 g/mol. The molecule has 2 atom stereocenters. The minimum absolute atomic E-state index is 0.392. The van der Waals surface area contributed by atoms with E-state index in [2.05, 4.69) is 23.7 Å². The van der Waals surface area contributed by atoms with E-state index in [4.69, 9.17) is 16.3 Å². The van der Waals surface area contributed by atoms with E-state index in [1.165, 1.54) is 7.11 Å². The molecule has 0 aromatic carbocycles. The fraction of sp³-hybridized carbons (Fsp3) is 0.571. The predicted molar refractivity (Wildman–Crippen MR) is 75.7 cm³/mol. The van der Waals surface area contributed by atoms with Crippen LogP contribution in [0.5, 0.6) is 0 Å². The highest BCUT2D eigenvalue weighted by atomic mass is 35.5. The van der Waals surface area contributed by atoms with Crippen LogP contribution >= 0.6 is 11.6 Å². The molecule has 4 nitrogen and oxygen atoms in total. The Balaban J connectivity index is 2.31. The Morgan fingerprint density at radius 3 is 2.84 bits per heavy atom. The number of carbonyl (C=O) groups excluding carboxylic acids is 1. The molecular formula is C14H19ClN2O2. The van der Waals surface area contributed by atoms with Crippen LogP contribution < -0.4 is 4.90 Å². The molecule has 1 saturated heterocycles. The maximum Gasteiger partial charge on any atom is 0.341 e. The lowest BCUT2D eigenvalue weighted by Gasteiger charge is -2.36. The molecule has 2 unspecified atom stereocenters. The Bertz CT molecular complexity index is 479. The van der Waals surface area contributed by atoms with Crippen LogP contribution in [-0.4, -0.2) is 31.2 Å². The van der Waals surface area contributed by atoms with Crippen molar-refractivity contribution in [2.75, 3.05) is 25.1 Å². The van der Waals surface area contributed by atoms with Crippen LogP contribution in [-0.2, 0) is 4.74 Å². The third-order valence-electron chi connectivity index (χ3n) is 3.87. The van der Waals surface area contributed by atoms with E-state index in [0.29, 0.717) is 28.2 Å². The lowest BCUT2D eigenvalue weighted by Crippen LogP contribution is -2.39. The predicted octanol–water partition coefficient (Wildman–Crippen LogP) is 3.00. The number of carbonyl (C=O) groups is 1. The molecule has 0 saturated carbocycles. The fourth-order valence-corrected chi connectivity index (χ4v) is 2.56. The fourth-order valence-electron chi connectivity index (χ4n) is 2.40. The second-order valence-electron chi connectivity index (χ2n) is 5.21. The largest absolute Gasteiger partial charge is 0.465 e. The zero-order valence-electron chi connectivity index (χ0n) is 11.5. The number of ether oxygens (including phenoxy) is 1. The van der Waals surface area contributed by atoms with Gasteiger partial charge in [0.2, 0.25) is 0 Å². The highest BCUT2D eigenvalue weighted by Gasteiger charge is 2.26. The Kier molecular flexibility index (Phi) is 4.30. The maximum absolute atomic E-state index is 11.8. The Morgan fingerprint density at radius 1 is 1.47 bits per heavy atom. The number of piperidine rings is 1. The van der Waals surface area contributed by atoms with E-state index in [1.54, 1.807) is 12.3 Å². The summed E-state index contributed by atoms with van der Waals surface area (Å²) in [4.78, 5) is 18.3. The Hall–Kier alpha value is -1.29. The molecule has 1 aliphatic heterocycles. The molecule has 104 valence electrons. The van der Waals surface area contributed by atoms with Crippen molar-refractivity contribution >= 4 is 23.4 Å². The number of halogens is 1. The van der Waals surface area contributed by atoms with E-state index < -0.39 is 5.97 Å². The summed E-state index contributed by atoms with van der Waals surface area (Å²) >= 11 is 5.92. The van der Waals surface area contributed by atoms with Gasteiger partial charge >= 0.3 is 5.97 Å². The third-order valence-corrected chi connectivity index (χ3v) is 4.08. The first-order valence-corrected chi connectivity index (χ1v) is 6.89. The number of rotatable bonds is 2. The SMILES string of the molecule is COC(=O)c1cc(Cl)cnc1N1CCC(C)C(C)C1. The first-order valence-electron chi connectivity index (χ1n) is 6.51. The van der Waals surface area contributed by atoms with Crippen molar-refractivity contribution in [3.63, 3.8) is 0 Å². The molecule has 19 heavy (non-hydrogen) atoms. The first kappa shape index (κ1) is 14.1. The number of anilines is 1. The zero-order valence-corrected chi connectivity index (χ0v) is 12.3. The molecule has 0 bridgehead atoms. The molecule has 5 heteroatoms. The van der Waals surface area contributed by atoms with Gasteiger partial charge in [-0.15, -0.1) is 0 Å². The molecule has 0 N–H and O–H groups in total. The van der Waals surface area contributed by atoms with Crippen molar-refractivity contribution in [2.45, 2.75) is 20.3 Å². The van der Waals surface area contributed by atoms with Crippen LogP contribution in [0.1, 0.15) is 30.6 Å². The molecule has 2 rings (SSSR count). The van der Waals surface area contributed by atoms with E-state index in [9.17, 15) is 4.79 Å². The van der Waals surface area contributed by atoms with E-state index >= 15 is 0 Å².